The first-order valence-electron chi connectivity index (χ1n) is 18.2. The Morgan fingerprint density at radius 3 is 1.65 bits per heavy atom. The number of nitrogens with two attached hydrogens (primary N) is 3. The molecule has 3 aliphatic rings. The molecule has 63 heavy (non-hydrogen) atoms. The number of aromatic amines is 2. The standard InChI is InChI=1S/C29H37N13O19P2/c30-11-1-2-40(29(50)35-11)25-16(46)18(8(3-43)57-25)60-63(53,54)56-5-10-19(17(47)26(59-10)42-7-34-13-21(42)37-28(32)39-23(13)49)61-62(51,52)55-4-9-14(44)15(45)24(58-9)41-6-33-12-20(41)36-27(31)38-22(12)48/h1-2,6-10,14-19,24-26,43-47H,3-5H2,(H,51,52)(H,53,54)(H2,30,35,50)(H3,31,36,38,48)(H3,32,37,39,49)/t8-,9-,10-,14-,15-,16-,17-,18-,19-,24-,25-,26-/m1/s1. The lowest BCUT2D eigenvalue weighted by Crippen LogP contribution is -2.38. The first-order chi connectivity index (χ1) is 29.8. The van der Waals surface area contributed by atoms with Crippen LogP contribution in [-0.4, -0.2) is 159 Å². The average molecular weight is 934 g/mol. The molecule has 0 saturated carbocycles. The summed E-state index contributed by atoms with van der Waals surface area (Å²) in [5.41, 5.74) is 13.5. The predicted octanol–water partition coefficient (Wildman–Crippen LogP) is -5.61. The van der Waals surface area contributed by atoms with Crippen LogP contribution in [0, 0.1) is 0 Å². The van der Waals surface area contributed by atoms with Gasteiger partial charge in [-0.3, -0.25) is 51.4 Å². The summed E-state index contributed by atoms with van der Waals surface area (Å²) in [7, 11) is -10.8. The SMILES string of the molecule is Nc1ccn([C@@H]2O[C@H](CO)[C@@H](OP(=O)(O)OC[C@H]3O[C@@H](n4cnc5c(=O)[nH]c(N)nc54)[C@H](O)[C@@H]3OP(=O)(O)OC[C@H]3O[C@@H](n4cnc5c(=O)[nH]c(N)nc54)[C@H](O)[C@@H]3O)[C@H]2O)c(=O)n1. The van der Waals surface area contributed by atoms with Crippen molar-refractivity contribution in [1.82, 2.24) is 48.6 Å². The minimum absolute atomic E-state index is 0.132. The fraction of sp³-hybridized carbons (Fsp3) is 0.517. The number of imidazole rings is 2. The van der Waals surface area contributed by atoms with E-state index in [0.29, 0.717) is 0 Å². The summed E-state index contributed by atoms with van der Waals surface area (Å²) in [4.78, 5) is 82.6. The van der Waals surface area contributed by atoms with Gasteiger partial charge in [0.1, 0.15) is 60.8 Å². The van der Waals surface area contributed by atoms with E-state index >= 15 is 0 Å². The quantitative estimate of drug-likeness (QED) is 0.0462. The topological polar surface area (TPSA) is 480 Å². The summed E-state index contributed by atoms with van der Waals surface area (Å²) in [6.07, 6.45) is -17.8. The van der Waals surface area contributed by atoms with E-state index in [4.69, 9.17) is 49.5 Å². The van der Waals surface area contributed by atoms with E-state index in [1.165, 1.54) is 6.07 Å². The number of nitrogens with zero attached hydrogens (tertiary/aromatic N) is 8. The van der Waals surface area contributed by atoms with Crippen LogP contribution < -0.4 is 34.0 Å². The second kappa shape index (κ2) is 16.8. The number of phosphoric ester groups is 2. The van der Waals surface area contributed by atoms with Crippen LogP contribution in [0.3, 0.4) is 0 Å². The van der Waals surface area contributed by atoms with Crippen molar-refractivity contribution >= 4 is 55.7 Å². The van der Waals surface area contributed by atoms with Crippen LogP contribution in [0.2, 0.25) is 0 Å². The molecule has 0 aromatic carbocycles. The summed E-state index contributed by atoms with van der Waals surface area (Å²) in [5.74, 6) is -0.835. The molecule has 0 spiro atoms. The number of aromatic nitrogens is 10. The summed E-state index contributed by atoms with van der Waals surface area (Å²) in [6.45, 7) is -2.96. The van der Waals surface area contributed by atoms with Crippen molar-refractivity contribution in [3.8, 4) is 0 Å². The maximum absolute atomic E-state index is 13.5. The van der Waals surface area contributed by atoms with E-state index in [-0.39, 0.29) is 40.0 Å². The van der Waals surface area contributed by atoms with Crippen molar-refractivity contribution < 1.29 is 76.8 Å². The normalized spacial score (nSPS) is 31.8. The molecule has 8 heterocycles. The third-order valence-corrected chi connectivity index (χ3v) is 12.0. The average Bonchev–Trinajstić information content (AvgIpc) is 4.02. The van der Waals surface area contributed by atoms with Gasteiger partial charge in [0.15, 0.2) is 41.0 Å². The number of ether oxygens (including phenoxy) is 3. The van der Waals surface area contributed by atoms with Gasteiger partial charge >= 0.3 is 21.3 Å². The number of fused-ring (bicyclic) bond motifs is 2. The van der Waals surface area contributed by atoms with Crippen molar-refractivity contribution in [3.05, 3.63) is 56.1 Å². The van der Waals surface area contributed by atoms with Gasteiger partial charge in [-0.25, -0.2) is 23.9 Å². The molecule has 15 N–H and O–H groups in total. The number of H-pyrrole nitrogens is 2. The zero-order chi connectivity index (χ0) is 45.3. The van der Waals surface area contributed by atoms with Gasteiger partial charge in [-0.05, 0) is 6.07 Å². The molecule has 34 heteroatoms. The molecule has 14 atom stereocenters. The Balaban J connectivity index is 0.995. The summed E-state index contributed by atoms with van der Waals surface area (Å²) in [6, 6.07) is 1.20. The van der Waals surface area contributed by atoms with E-state index < -0.39 is 126 Å². The van der Waals surface area contributed by atoms with Crippen molar-refractivity contribution in [2.24, 2.45) is 0 Å². The van der Waals surface area contributed by atoms with E-state index in [1.54, 1.807) is 0 Å². The summed E-state index contributed by atoms with van der Waals surface area (Å²) >= 11 is 0. The molecule has 2 unspecified atom stereocenters. The van der Waals surface area contributed by atoms with Crippen LogP contribution in [0.25, 0.3) is 22.3 Å². The molecule has 342 valence electrons. The second-order valence-corrected chi connectivity index (χ2v) is 16.9. The molecule has 0 aliphatic carbocycles. The van der Waals surface area contributed by atoms with Crippen LogP contribution in [0.5, 0.6) is 0 Å². The van der Waals surface area contributed by atoms with Crippen LogP contribution in [-0.2, 0) is 41.4 Å². The smallest absolute Gasteiger partial charge is 0.394 e. The van der Waals surface area contributed by atoms with E-state index in [1.807, 2.05) is 0 Å². The first kappa shape index (κ1) is 44.5. The largest absolute Gasteiger partial charge is 0.472 e. The van der Waals surface area contributed by atoms with Crippen molar-refractivity contribution in [2.75, 3.05) is 37.0 Å². The van der Waals surface area contributed by atoms with Crippen molar-refractivity contribution in [3.63, 3.8) is 0 Å². The van der Waals surface area contributed by atoms with Gasteiger partial charge in [0.05, 0.1) is 32.5 Å². The van der Waals surface area contributed by atoms with Crippen molar-refractivity contribution in [1.29, 1.82) is 0 Å². The highest BCUT2D eigenvalue weighted by Crippen LogP contribution is 2.52. The molecule has 8 rings (SSSR count). The van der Waals surface area contributed by atoms with Gasteiger partial charge in [-0.1, -0.05) is 0 Å². The lowest BCUT2D eigenvalue weighted by Gasteiger charge is -2.25. The molecule has 3 saturated heterocycles. The Morgan fingerprint density at radius 2 is 1.13 bits per heavy atom. The predicted molar refractivity (Wildman–Crippen MR) is 202 cm³/mol. The zero-order valence-corrected chi connectivity index (χ0v) is 33.4. The third kappa shape index (κ3) is 8.51. The Morgan fingerprint density at radius 1 is 0.667 bits per heavy atom. The second-order valence-electron chi connectivity index (χ2n) is 14.1. The molecular formula is C29H37N13O19P2. The van der Waals surface area contributed by atoms with Gasteiger partial charge < -0.3 is 66.7 Å². The molecule has 3 fully saturated rings. The maximum atomic E-state index is 13.5. The number of aliphatic hydroxyl groups excluding tert-OH is 5. The fourth-order valence-electron chi connectivity index (χ4n) is 7.12. The highest BCUT2D eigenvalue weighted by molar-refractivity contribution is 7.47. The molecular weight excluding hydrogens is 896 g/mol. The molecule has 5 aromatic heterocycles. The number of nitrogen functional groups attached to an aromatic ring is 3. The monoisotopic (exact) mass is 933 g/mol. The third-order valence-electron chi connectivity index (χ3n) is 10.0. The van der Waals surface area contributed by atoms with Gasteiger partial charge in [-0.2, -0.15) is 15.0 Å². The van der Waals surface area contributed by atoms with Crippen LogP contribution in [0.4, 0.5) is 17.7 Å². The van der Waals surface area contributed by atoms with Gasteiger partial charge in [-0.15, -0.1) is 0 Å². The molecule has 0 bridgehead atoms. The maximum Gasteiger partial charge on any atom is 0.472 e. The molecule has 0 amide bonds. The van der Waals surface area contributed by atoms with Gasteiger partial charge in [0.25, 0.3) is 11.1 Å². The lowest BCUT2D eigenvalue weighted by atomic mass is 10.1. The number of phosphoric acid groups is 2. The Kier molecular flexibility index (Phi) is 11.8. The summed E-state index contributed by atoms with van der Waals surface area (Å²) in [5, 5.41) is 53.9. The number of nitrogens with one attached hydrogen (secondary N) is 2. The molecule has 32 nitrogen and oxygen atoms in total. The molecule has 0 radical (unpaired) electrons. The van der Waals surface area contributed by atoms with Crippen molar-refractivity contribution in [2.45, 2.75) is 73.6 Å². The number of hydrogen-bond acceptors (Lipinski definition) is 25. The summed E-state index contributed by atoms with van der Waals surface area (Å²) < 4.78 is 67.4. The highest BCUT2D eigenvalue weighted by atomic mass is 31.2. The van der Waals surface area contributed by atoms with Gasteiger partial charge in [0.2, 0.25) is 11.9 Å². The van der Waals surface area contributed by atoms with E-state index in [2.05, 4.69) is 34.9 Å². The fourth-order valence-corrected chi connectivity index (χ4v) is 9.05. The Labute approximate surface area is 347 Å². The van der Waals surface area contributed by atoms with Crippen LogP contribution >= 0.6 is 15.6 Å². The first-order valence-corrected chi connectivity index (χ1v) is 21.1. The van der Waals surface area contributed by atoms with E-state index in [0.717, 1.165) is 32.6 Å². The molecule has 3 aliphatic heterocycles. The number of anilines is 3. The minimum atomic E-state index is -5.42. The van der Waals surface area contributed by atoms with Crippen LogP contribution in [0.1, 0.15) is 18.7 Å². The highest BCUT2D eigenvalue weighted by Gasteiger charge is 2.53. The Bertz CT molecular complexity index is 2800. The molecule has 5 aromatic rings. The number of rotatable bonds is 14. The zero-order valence-electron chi connectivity index (χ0n) is 31.6. The number of hydrogen-bond donors (Lipinski definition) is 12. The van der Waals surface area contributed by atoms with E-state index in [9.17, 15) is 58.8 Å². The van der Waals surface area contributed by atoms with Crippen LogP contribution in [0.15, 0.2) is 39.3 Å². The van der Waals surface area contributed by atoms with Gasteiger partial charge in [0, 0.05) is 6.20 Å². The minimum Gasteiger partial charge on any atom is -0.394 e. The lowest BCUT2D eigenvalue weighted by molar-refractivity contribution is -0.0621. The number of aliphatic hydroxyl groups is 5. The Hall–Kier alpha value is -5.12.